The minimum absolute atomic E-state index is 0.846. The molecule has 0 spiro atoms. The van der Waals surface area contributed by atoms with Gasteiger partial charge in [-0.05, 0) is 17.7 Å². The zero-order valence-corrected chi connectivity index (χ0v) is 8.94. The van der Waals surface area contributed by atoms with Crippen LogP contribution in [0.25, 0.3) is 0 Å². The van der Waals surface area contributed by atoms with Gasteiger partial charge in [0.2, 0.25) is 0 Å². The Morgan fingerprint density at radius 2 is 2.18 bits per heavy atom. The third-order valence-electron chi connectivity index (χ3n) is 1.36. The molecule has 0 radical (unpaired) electrons. The van der Waals surface area contributed by atoms with E-state index in [0.717, 1.165) is 15.5 Å². The second-order valence-electron chi connectivity index (χ2n) is 2.08. The predicted octanol–water partition coefficient (Wildman–Crippen LogP) is 2.63. The van der Waals surface area contributed by atoms with Crippen LogP contribution in [0.4, 0.5) is 5.69 Å². The fourth-order valence-electron chi connectivity index (χ4n) is 0.745. The van der Waals surface area contributed by atoms with Gasteiger partial charge >= 0.3 is 0 Å². The van der Waals surface area contributed by atoms with Gasteiger partial charge in [0.15, 0.2) is 0 Å². The van der Waals surface area contributed by atoms with Crippen molar-refractivity contribution in [1.82, 2.24) is 0 Å². The molecule has 0 aliphatic rings. The molecule has 0 saturated heterocycles. The van der Waals surface area contributed by atoms with Crippen molar-refractivity contribution in [3.63, 3.8) is 0 Å². The first-order valence-electron chi connectivity index (χ1n) is 3.09. The number of rotatable bonds is 2. The number of hydrogen-bond donors (Lipinski definition) is 2. The van der Waals surface area contributed by atoms with E-state index in [1.54, 1.807) is 0 Å². The lowest BCUT2D eigenvalue weighted by Crippen LogP contribution is -2.06. The Bertz CT molecular complexity index is 250. The van der Waals surface area contributed by atoms with Crippen LogP contribution in [0, 0.1) is 0 Å². The molecule has 0 unspecified atom stereocenters. The van der Waals surface area contributed by atoms with E-state index in [4.69, 9.17) is 5.84 Å². The van der Waals surface area contributed by atoms with E-state index < -0.39 is 0 Å². The van der Waals surface area contributed by atoms with Crippen LogP contribution in [-0.2, 0) is 5.33 Å². The molecular formula is C7H8Br2N2. The van der Waals surface area contributed by atoms with Gasteiger partial charge in [0, 0.05) is 15.5 Å². The lowest BCUT2D eigenvalue weighted by molar-refractivity contribution is 1.32. The summed E-state index contributed by atoms with van der Waals surface area (Å²) in [7, 11) is 0. The number of alkyl halides is 1. The first kappa shape index (κ1) is 9.03. The van der Waals surface area contributed by atoms with Crippen molar-refractivity contribution in [3.8, 4) is 0 Å². The summed E-state index contributed by atoms with van der Waals surface area (Å²) in [6.45, 7) is 0. The number of benzene rings is 1. The molecule has 0 saturated carbocycles. The van der Waals surface area contributed by atoms with Crippen molar-refractivity contribution >= 4 is 37.5 Å². The Morgan fingerprint density at radius 3 is 2.64 bits per heavy atom. The fourth-order valence-corrected chi connectivity index (χ4v) is 2.13. The molecule has 0 bridgehead atoms. The van der Waals surface area contributed by atoms with Crippen LogP contribution in [0.1, 0.15) is 5.56 Å². The van der Waals surface area contributed by atoms with Gasteiger partial charge in [0.1, 0.15) is 0 Å². The Balaban J connectivity index is 2.99. The molecule has 0 atom stereocenters. The lowest BCUT2D eigenvalue weighted by atomic mass is 10.2. The predicted molar refractivity (Wildman–Crippen MR) is 54.6 cm³/mol. The minimum atomic E-state index is 0.846. The van der Waals surface area contributed by atoms with Gasteiger partial charge in [-0.3, -0.25) is 5.84 Å². The Kier molecular flexibility index (Phi) is 3.36. The third kappa shape index (κ3) is 2.18. The number of hydrogen-bond acceptors (Lipinski definition) is 2. The summed E-state index contributed by atoms with van der Waals surface area (Å²) in [5.74, 6) is 5.23. The number of nitrogen functional groups attached to an aromatic ring is 1. The molecule has 0 aliphatic heterocycles. The van der Waals surface area contributed by atoms with Crippen molar-refractivity contribution in [2.24, 2.45) is 5.84 Å². The third-order valence-corrected chi connectivity index (χ3v) is 2.71. The van der Waals surface area contributed by atoms with Gasteiger partial charge < -0.3 is 5.43 Å². The highest BCUT2D eigenvalue weighted by atomic mass is 79.9. The van der Waals surface area contributed by atoms with Gasteiger partial charge in [-0.1, -0.05) is 37.9 Å². The summed E-state index contributed by atoms with van der Waals surface area (Å²) in [5, 5.41) is 0.846. The van der Waals surface area contributed by atoms with Crippen LogP contribution in [-0.4, -0.2) is 0 Å². The summed E-state index contributed by atoms with van der Waals surface area (Å²) >= 11 is 6.80. The first-order valence-corrected chi connectivity index (χ1v) is 5.00. The molecule has 60 valence electrons. The summed E-state index contributed by atoms with van der Waals surface area (Å²) in [6, 6.07) is 5.88. The van der Waals surface area contributed by atoms with E-state index in [-0.39, 0.29) is 0 Å². The molecule has 1 rings (SSSR count). The van der Waals surface area contributed by atoms with Gasteiger partial charge in [-0.15, -0.1) is 0 Å². The lowest BCUT2D eigenvalue weighted by Gasteiger charge is -2.03. The van der Waals surface area contributed by atoms with Crippen LogP contribution < -0.4 is 11.3 Å². The summed E-state index contributed by atoms with van der Waals surface area (Å²) < 4.78 is 1.06. The van der Waals surface area contributed by atoms with Crippen LogP contribution in [0.2, 0.25) is 0 Å². The van der Waals surface area contributed by atoms with Gasteiger partial charge in [-0.25, -0.2) is 0 Å². The molecule has 2 nitrogen and oxygen atoms in total. The molecule has 3 N–H and O–H groups in total. The maximum Gasteiger partial charge on any atom is 0.0496 e. The van der Waals surface area contributed by atoms with E-state index in [0.29, 0.717) is 0 Å². The number of nitrogens with two attached hydrogens (primary N) is 1. The maximum absolute atomic E-state index is 5.23. The zero-order valence-electron chi connectivity index (χ0n) is 5.77. The average molecular weight is 280 g/mol. The van der Waals surface area contributed by atoms with Crippen LogP contribution in [0.15, 0.2) is 22.7 Å². The number of halogens is 2. The Hall–Kier alpha value is -0.0600. The van der Waals surface area contributed by atoms with Crippen molar-refractivity contribution in [2.45, 2.75) is 5.33 Å². The second kappa shape index (κ2) is 4.09. The molecule has 4 heteroatoms. The van der Waals surface area contributed by atoms with E-state index >= 15 is 0 Å². The fraction of sp³-hybridized carbons (Fsp3) is 0.143. The smallest absolute Gasteiger partial charge is 0.0496 e. The average Bonchev–Trinajstić information content (AvgIpc) is 2.04. The van der Waals surface area contributed by atoms with Crippen LogP contribution in [0.3, 0.4) is 0 Å². The molecule has 0 fully saturated rings. The summed E-state index contributed by atoms with van der Waals surface area (Å²) in [4.78, 5) is 0. The highest BCUT2D eigenvalue weighted by Crippen LogP contribution is 2.22. The summed E-state index contributed by atoms with van der Waals surface area (Å²) in [6.07, 6.45) is 0. The van der Waals surface area contributed by atoms with E-state index in [1.807, 2.05) is 18.2 Å². The van der Waals surface area contributed by atoms with Crippen molar-refractivity contribution in [2.75, 3.05) is 5.43 Å². The molecule has 0 amide bonds. The molecule has 1 aromatic carbocycles. The molecule has 0 aromatic heterocycles. The van der Waals surface area contributed by atoms with Crippen molar-refractivity contribution in [3.05, 3.63) is 28.2 Å². The molecule has 0 heterocycles. The number of hydrazine groups is 1. The highest BCUT2D eigenvalue weighted by Gasteiger charge is 1.97. The second-order valence-corrected chi connectivity index (χ2v) is 3.50. The topological polar surface area (TPSA) is 38.0 Å². The first-order chi connectivity index (χ1) is 5.27. The molecule has 1 aromatic rings. The highest BCUT2D eigenvalue weighted by molar-refractivity contribution is 9.10. The minimum Gasteiger partial charge on any atom is -0.324 e. The Labute approximate surface area is 82.4 Å². The van der Waals surface area contributed by atoms with Gasteiger partial charge in [0.05, 0.1) is 0 Å². The van der Waals surface area contributed by atoms with Crippen molar-refractivity contribution in [1.29, 1.82) is 0 Å². The summed E-state index contributed by atoms with van der Waals surface area (Å²) in [5.41, 5.74) is 4.69. The van der Waals surface area contributed by atoms with E-state index in [1.165, 1.54) is 5.56 Å². The van der Waals surface area contributed by atoms with Gasteiger partial charge in [0.25, 0.3) is 0 Å². The monoisotopic (exact) mass is 278 g/mol. The molecule has 11 heavy (non-hydrogen) atoms. The van der Waals surface area contributed by atoms with Gasteiger partial charge in [-0.2, -0.15) is 0 Å². The zero-order chi connectivity index (χ0) is 8.27. The van der Waals surface area contributed by atoms with Crippen LogP contribution >= 0.6 is 31.9 Å². The molecule has 0 aliphatic carbocycles. The van der Waals surface area contributed by atoms with E-state index in [9.17, 15) is 0 Å². The molecular weight excluding hydrogens is 272 g/mol. The SMILES string of the molecule is NNc1ccc(CBr)c(Br)c1. The maximum atomic E-state index is 5.23. The normalized spacial score (nSPS) is 9.73. The number of anilines is 1. The van der Waals surface area contributed by atoms with E-state index in [2.05, 4.69) is 37.3 Å². The van der Waals surface area contributed by atoms with Crippen LogP contribution in [0.5, 0.6) is 0 Å². The van der Waals surface area contributed by atoms with Crippen molar-refractivity contribution < 1.29 is 0 Å². The Morgan fingerprint density at radius 1 is 1.45 bits per heavy atom. The standard InChI is InChI=1S/C7H8Br2N2/c8-4-5-1-2-6(11-10)3-7(5)9/h1-3,11H,4,10H2. The number of nitrogens with one attached hydrogen (secondary N) is 1. The largest absolute Gasteiger partial charge is 0.324 e. The quantitative estimate of drug-likeness (QED) is 0.496.